The van der Waals surface area contributed by atoms with Crippen LogP contribution in [0.1, 0.15) is 6.92 Å². The fourth-order valence-corrected chi connectivity index (χ4v) is 0.439. The number of rotatable bonds is 3. The van der Waals surface area contributed by atoms with Crippen LogP contribution in [0.3, 0.4) is 0 Å². The number of urea groups is 1. The van der Waals surface area contributed by atoms with Gasteiger partial charge in [0.05, 0.1) is 0 Å². The second-order valence-electron chi connectivity index (χ2n) is 2.30. The minimum atomic E-state index is -0.153. The third-order valence-corrected chi connectivity index (χ3v) is 1.24. The minimum Gasteiger partial charge on any atom is -0.341 e. The monoisotopic (exact) mass is 145 g/mol. The summed E-state index contributed by atoms with van der Waals surface area (Å²) in [5.74, 6) is 0.345. The summed E-state index contributed by atoms with van der Waals surface area (Å²) in [6, 6.07) is -0.153. The van der Waals surface area contributed by atoms with Crippen molar-refractivity contribution in [3.05, 3.63) is 0 Å². The third kappa shape index (κ3) is 4.14. The van der Waals surface area contributed by atoms with Crippen LogP contribution in [0.2, 0.25) is 0 Å². The highest BCUT2D eigenvalue weighted by Gasteiger charge is 1.99. The molecule has 0 fully saturated rings. The second-order valence-corrected chi connectivity index (χ2v) is 2.30. The van der Waals surface area contributed by atoms with Crippen LogP contribution in [0.5, 0.6) is 0 Å². The smallest absolute Gasteiger partial charge is 0.314 e. The van der Waals surface area contributed by atoms with Crippen molar-refractivity contribution in [3.8, 4) is 0 Å². The van der Waals surface area contributed by atoms with E-state index in [0.717, 1.165) is 0 Å². The van der Waals surface area contributed by atoms with Crippen molar-refractivity contribution in [2.24, 2.45) is 11.7 Å². The third-order valence-electron chi connectivity index (χ3n) is 1.24. The summed E-state index contributed by atoms with van der Waals surface area (Å²) in [6.07, 6.45) is 0. The number of carbonyl (C=O) groups excluding carboxylic acids is 1. The topological polar surface area (TPSA) is 67.2 Å². The van der Waals surface area contributed by atoms with Crippen molar-refractivity contribution in [3.63, 3.8) is 0 Å². The second kappa shape index (κ2) is 5.05. The van der Waals surface area contributed by atoms with Crippen molar-refractivity contribution >= 4 is 6.03 Å². The Balaban J connectivity index is 3.26. The average Bonchev–Trinajstić information content (AvgIpc) is 1.99. The molecule has 0 spiro atoms. The van der Waals surface area contributed by atoms with Gasteiger partial charge in [-0.05, 0) is 12.5 Å². The highest BCUT2D eigenvalue weighted by atomic mass is 16.2. The van der Waals surface area contributed by atoms with E-state index in [4.69, 9.17) is 5.73 Å². The van der Waals surface area contributed by atoms with E-state index < -0.39 is 0 Å². The molecule has 0 aromatic carbocycles. The summed E-state index contributed by atoms with van der Waals surface area (Å²) in [6.45, 7) is 3.22. The van der Waals surface area contributed by atoms with E-state index in [2.05, 4.69) is 10.6 Å². The lowest BCUT2D eigenvalue weighted by atomic mass is 10.2. The zero-order chi connectivity index (χ0) is 7.98. The lowest BCUT2D eigenvalue weighted by molar-refractivity contribution is 0.241. The number of nitrogens with one attached hydrogen (secondary N) is 2. The van der Waals surface area contributed by atoms with Gasteiger partial charge in [0.25, 0.3) is 0 Å². The summed E-state index contributed by atoms with van der Waals surface area (Å²) < 4.78 is 0. The first kappa shape index (κ1) is 9.23. The summed E-state index contributed by atoms with van der Waals surface area (Å²) in [5.41, 5.74) is 5.33. The fourth-order valence-electron chi connectivity index (χ4n) is 0.439. The predicted octanol–water partition coefficient (Wildman–Crippen LogP) is -0.490. The largest absolute Gasteiger partial charge is 0.341 e. The summed E-state index contributed by atoms with van der Waals surface area (Å²) in [7, 11) is 1.59. The van der Waals surface area contributed by atoms with Crippen LogP contribution >= 0.6 is 0 Å². The van der Waals surface area contributed by atoms with Gasteiger partial charge in [0.15, 0.2) is 0 Å². The van der Waals surface area contributed by atoms with Gasteiger partial charge in [-0.25, -0.2) is 4.79 Å². The molecule has 10 heavy (non-hydrogen) atoms. The number of amides is 2. The molecule has 0 saturated carbocycles. The van der Waals surface area contributed by atoms with Gasteiger partial charge in [0.2, 0.25) is 0 Å². The Kier molecular flexibility index (Phi) is 4.66. The molecule has 0 rings (SSSR count). The van der Waals surface area contributed by atoms with Crippen LogP contribution in [-0.4, -0.2) is 26.2 Å². The lowest BCUT2D eigenvalue weighted by Crippen LogP contribution is -2.37. The first-order valence-corrected chi connectivity index (χ1v) is 3.36. The average molecular weight is 145 g/mol. The Morgan fingerprint density at radius 1 is 1.70 bits per heavy atom. The number of hydrogen-bond acceptors (Lipinski definition) is 2. The quantitative estimate of drug-likeness (QED) is 0.501. The standard InChI is InChI=1S/C6H15N3O/c1-5(3-7)4-9-6(10)8-2/h5H,3-4,7H2,1-2H3,(H2,8,9,10). The van der Waals surface area contributed by atoms with Crippen molar-refractivity contribution in [1.29, 1.82) is 0 Å². The molecule has 0 radical (unpaired) electrons. The number of hydrogen-bond donors (Lipinski definition) is 3. The van der Waals surface area contributed by atoms with E-state index in [1.54, 1.807) is 7.05 Å². The molecular weight excluding hydrogens is 130 g/mol. The first-order chi connectivity index (χ1) is 4.70. The molecule has 60 valence electrons. The van der Waals surface area contributed by atoms with Crippen LogP contribution in [0, 0.1) is 5.92 Å². The Morgan fingerprint density at radius 2 is 2.30 bits per heavy atom. The fraction of sp³-hybridized carbons (Fsp3) is 0.833. The molecule has 0 aromatic heterocycles. The minimum absolute atomic E-state index is 0.153. The Labute approximate surface area is 61.2 Å². The van der Waals surface area contributed by atoms with Crippen LogP contribution in [0.25, 0.3) is 0 Å². The van der Waals surface area contributed by atoms with Gasteiger partial charge >= 0.3 is 6.03 Å². The van der Waals surface area contributed by atoms with Crippen LogP contribution in [-0.2, 0) is 0 Å². The van der Waals surface area contributed by atoms with Gasteiger partial charge < -0.3 is 16.4 Å². The van der Waals surface area contributed by atoms with E-state index in [-0.39, 0.29) is 6.03 Å². The molecule has 2 amide bonds. The molecule has 0 saturated heterocycles. The molecule has 0 aromatic rings. The maximum atomic E-state index is 10.6. The zero-order valence-electron chi connectivity index (χ0n) is 6.48. The molecule has 4 heteroatoms. The SMILES string of the molecule is CNC(=O)NCC(C)CN. The van der Waals surface area contributed by atoms with E-state index in [0.29, 0.717) is 19.0 Å². The van der Waals surface area contributed by atoms with E-state index >= 15 is 0 Å². The van der Waals surface area contributed by atoms with Crippen molar-refractivity contribution in [2.75, 3.05) is 20.1 Å². The van der Waals surface area contributed by atoms with Crippen molar-refractivity contribution < 1.29 is 4.79 Å². The predicted molar refractivity (Wildman–Crippen MR) is 40.7 cm³/mol. The van der Waals surface area contributed by atoms with Crippen molar-refractivity contribution in [1.82, 2.24) is 10.6 Å². The first-order valence-electron chi connectivity index (χ1n) is 3.36. The normalized spacial score (nSPS) is 12.3. The molecule has 0 aliphatic carbocycles. The zero-order valence-corrected chi connectivity index (χ0v) is 6.48. The summed E-state index contributed by atoms with van der Waals surface area (Å²) in [4.78, 5) is 10.6. The van der Waals surface area contributed by atoms with Gasteiger partial charge in [0, 0.05) is 13.6 Å². The van der Waals surface area contributed by atoms with E-state index in [9.17, 15) is 4.79 Å². The maximum Gasteiger partial charge on any atom is 0.314 e. The van der Waals surface area contributed by atoms with Gasteiger partial charge in [0.1, 0.15) is 0 Å². The highest BCUT2D eigenvalue weighted by Crippen LogP contribution is 1.85. The summed E-state index contributed by atoms with van der Waals surface area (Å²) >= 11 is 0. The van der Waals surface area contributed by atoms with Gasteiger partial charge in [-0.1, -0.05) is 6.92 Å². The number of nitrogens with two attached hydrogens (primary N) is 1. The maximum absolute atomic E-state index is 10.6. The molecule has 0 heterocycles. The molecule has 0 aliphatic heterocycles. The molecule has 1 unspecified atom stereocenters. The molecule has 4 nitrogen and oxygen atoms in total. The van der Waals surface area contributed by atoms with Crippen LogP contribution < -0.4 is 16.4 Å². The summed E-state index contributed by atoms with van der Waals surface area (Å²) in [5, 5.41) is 5.11. The molecule has 1 atom stereocenters. The van der Waals surface area contributed by atoms with Gasteiger partial charge in [-0.15, -0.1) is 0 Å². The highest BCUT2D eigenvalue weighted by molar-refractivity contribution is 5.73. The lowest BCUT2D eigenvalue weighted by Gasteiger charge is -2.08. The van der Waals surface area contributed by atoms with Gasteiger partial charge in [-0.2, -0.15) is 0 Å². The molecule has 4 N–H and O–H groups in total. The Bertz CT molecular complexity index is 105. The van der Waals surface area contributed by atoms with Gasteiger partial charge in [-0.3, -0.25) is 0 Å². The molecular formula is C6H15N3O. The molecule has 0 bridgehead atoms. The van der Waals surface area contributed by atoms with E-state index in [1.807, 2.05) is 6.92 Å². The Morgan fingerprint density at radius 3 is 2.70 bits per heavy atom. The van der Waals surface area contributed by atoms with E-state index in [1.165, 1.54) is 0 Å². The van der Waals surface area contributed by atoms with Crippen molar-refractivity contribution in [2.45, 2.75) is 6.92 Å². The Hall–Kier alpha value is -0.770. The number of carbonyl (C=O) groups is 1. The molecule has 0 aliphatic rings. The van der Waals surface area contributed by atoms with Crippen LogP contribution in [0.15, 0.2) is 0 Å². The van der Waals surface area contributed by atoms with Crippen LogP contribution in [0.4, 0.5) is 4.79 Å².